The molecule has 1 N–H and O–H groups in total. The summed E-state index contributed by atoms with van der Waals surface area (Å²) in [6.45, 7) is 9.03. The van der Waals surface area contributed by atoms with Gasteiger partial charge in [0.2, 0.25) is 0 Å². The van der Waals surface area contributed by atoms with Crippen LogP contribution in [0.15, 0.2) is 0 Å². The van der Waals surface area contributed by atoms with Crippen LogP contribution < -0.4 is 5.32 Å². The van der Waals surface area contributed by atoms with Crippen LogP contribution in [0.1, 0.15) is 55.2 Å². The van der Waals surface area contributed by atoms with Gasteiger partial charge in [-0.15, -0.1) is 11.3 Å². The SMILES string of the molecule is CN1CCSCC1c1nc(C(C)(C)C)c(CNC2CC2)s1. The van der Waals surface area contributed by atoms with Gasteiger partial charge in [-0.05, 0) is 19.9 Å². The summed E-state index contributed by atoms with van der Waals surface area (Å²) in [7, 11) is 2.24. The molecule has 2 aliphatic rings. The van der Waals surface area contributed by atoms with Gasteiger partial charge in [0.1, 0.15) is 5.01 Å². The number of hydrogen-bond donors (Lipinski definition) is 1. The van der Waals surface area contributed by atoms with E-state index in [1.54, 1.807) is 0 Å². The summed E-state index contributed by atoms with van der Waals surface area (Å²) in [6, 6.07) is 1.26. The molecule has 1 aliphatic heterocycles. The highest BCUT2D eigenvalue weighted by molar-refractivity contribution is 7.99. The van der Waals surface area contributed by atoms with Crippen LogP contribution in [0.5, 0.6) is 0 Å². The van der Waals surface area contributed by atoms with Crippen LogP contribution in [-0.4, -0.2) is 41.0 Å². The molecule has 1 aliphatic carbocycles. The molecule has 3 rings (SSSR count). The van der Waals surface area contributed by atoms with Crippen LogP contribution in [0.2, 0.25) is 0 Å². The van der Waals surface area contributed by atoms with Crippen LogP contribution in [0.4, 0.5) is 0 Å². The molecule has 1 unspecified atom stereocenters. The summed E-state index contributed by atoms with van der Waals surface area (Å²) in [5, 5.41) is 4.99. The van der Waals surface area contributed by atoms with Crippen molar-refractivity contribution >= 4 is 23.1 Å². The van der Waals surface area contributed by atoms with E-state index >= 15 is 0 Å². The highest BCUT2D eigenvalue weighted by Crippen LogP contribution is 2.36. The maximum Gasteiger partial charge on any atom is 0.111 e. The van der Waals surface area contributed by atoms with Gasteiger partial charge in [0.05, 0.1) is 11.7 Å². The summed E-state index contributed by atoms with van der Waals surface area (Å²) >= 11 is 4.00. The molecule has 0 spiro atoms. The lowest BCUT2D eigenvalue weighted by atomic mass is 9.91. The predicted octanol–water partition coefficient (Wildman–Crippen LogP) is 3.41. The van der Waals surface area contributed by atoms with Crippen molar-refractivity contribution in [2.45, 2.75) is 57.7 Å². The lowest BCUT2D eigenvalue weighted by Gasteiger charge is -2.30. The summed E-state index contributed by atoms with van der Waals surface area (Å²) in [6.07, 6.45) is 2.69. The largest absolute Gasteiger partial charge is 0.309 e. The smallest absolute Gasteiger partial charge is 0.111 e. The molecule has 1 aromatic heterocycles. The Hall–Kier alpha value is -0.100. The second kappa shape index (κ2) is 6.19. The van der Waals surface area contributed by atoms with Crippen molar-refractivity contribution in [1.29, 1.82) is 0 Å². The monoisotopic (exact) mass is 325 g/mol. The minimum Gasteiger partial charge on any atom is -0.309 e. The van der Waals surface area contributed by atoms with Gasteiger partial charge in [-0.1, -0.05) is 20.8 Å². The fourth-order valence-corrected chi connectivity index (χ4v) is 5.41. The van der Waals surface area contributed by atoms with Crippen molar-refractivity contribution in [3.8, 4) is 0 Å². The Labute approximate surface area is 136 Å². The molecule has 21 heavy (non-hydrogen) atoms. The van der Waals surface area contributed by atoms with Gasteiger partial charge >= 0.3 is 0 Å². The maximum absolute atomic E-state index is 5.08. The molecule has 1 saturated heterocycles. The predicted molar refractivity (Wildman–Crippen MR) is 93.4 cm³/mol. The summed E-state index contributed by atoms with van der Waals surface area (Å²) in [5.41, 5.74) is 1.44. The van der Waals surface area contributed by atoms with Crippen LogP contribution in [0.25, 0.3) is 0 Å². The standard InChI is InChI=1S/C16H27N3S2/c1-16(2,3)14-13(9-17-11-5-6-11)21-15(18-14)12-10-20-8-7-19(12)4/h11-12,17H,5-10H2,1-4H3. The van der Waals surface area contributed by atoms with Crippen molar-refractivity contribution in [1.82, 2.24) is 15.2 Å². The fourth-order valence-electron chi connectivity index (χ4n) is 2.69. The molecular formula is C16H27N3S2. The van der Waals surface area contributed by atoms with Crippen molar-refractivity contribution < 1.29 is 0 Å². The summed E-state index contributed by atoms with van der Waals surface area (Å²) in [5.74, 6) is 2.43. The molecule has 3 nitrogen and oxygen atoms in total. The fraction of sp³-hybridized carbons (Fsp3) is 0.812. The van der Waals surface area contributed by atoms with E-state index in [0.717, 1.165) is 12.6 Å². The third-order valence-corrected chi connectivity index (χ3v) is 6.41. The Bertz CT molecular complexity index is 488. The van der Waals surface area contributed by atoms with E-state index in [2.05, 4.69) is 49.8 Å². The number of rotatable bonds is 4. The van der Waals surface area contributed by atoms with Crippen LogP contribution in [0, 0.1) is 0 Å². The number of aromatic nitrogens is 1. The molecule has 0 aromatic carbocycles. The second-order valence-corrected chi connectivity index (χ2v) is 9.57. The molecule has 118 valence electrons. The normalized spacial score (nSPS) is 24.5. The van der Waals surface area contributed by atoms with Crippen LogP contribution in [0.3, 0.4) is 0 Å². The number of hydrogen-bond acceptors (Lipinski definition) is 5. The first-order chi connectivity index (χ1) is 9.95. The zero-order chi connectivity index (χ0) is 15.0. The first-order valence-corrected chi connectivity index (χ1v) is 9.93. The van der Waals surface area contributed by atoms with E-state index in [1.165, 1.54) is 46.5 Å². The number of thiazole rings is 1. The average molecular weight is 326 g/mol. The van der Waals surface area contributed by atoms with Crippen LogP contribution in [-0.2, 0) is 12.0 Å². The van der Waals surface area contributed by atoms with Crippen molar-refractivity contribution in [3.63, 3.8) is 0 Å². The highest BCUT2D eigenvalue weighted by atomic mass is 32.2. The van der Waals surface area contributed by atoms with E-state index in [0.29, 0.717) is 6.04 Å². The van der Waals surface area contributed by atoms with E-state index in [9.17, 15) is 0 Å². The molecule has 0 radical (unpaired) electrons. The number of nitrogens with one attached hydrogen (secondary N) is 1. The molecule has 0 amide bonds. The van der Waals surface area contributed by atoms with E-state index in [4.69, 9.17) is 4.98 Å². The molecular weight excluding hydrogens is 298 g/mol. The first-order valence-electron chi connectivity index (χ1n) is 7.96. The van der Waals surface area contributed by atoms with E-state index < -0.39 is 0 Å². The molecule has 1 atom stereocenters. The number of nitrogens with zero attached hydrogens (tertiary/aromatic N) is 2. The van der Waals surface area contributed by atoms with E-state index in [1.807, 2.05) is 11.3 Å². The zero-order valence-electron chi connectivity index (χ0n) is 13.6. The molecule has 2 fully saturated rings. The van der Waals surface area contributed by atoms with Gasteiger partial charge in [-0.3, -0.25) is 4.90 Å². The van der Waals surface area contributed by atoms with Crippen molar-refractivity contribution in [2.24, 2.45) is 0 Å². The summed E-state index contributed by atoms with van der Waals surface area (Å²) in [4.78, 5) is 9.00. The first kappa shape index (κ1) is 15.8. The number of thioether (sulfide) groups is 1. The Balaban J connectivity index is 1.83. The molecule has 0 bridgehead atoms. The third kappa shape index (κ3) is 3.81. The Morgan fingerprint density at radius 2 is 2.10 bits per heavy atom. The third-order valence-electron chi connectivity index (χ3n) is 4.23. The van der Waals surface area contributed by atoms with Gasteiger partial charge in [0, 0.05) is 40.9 Å². The Morgan fingerprint density at radius 1 is 1.33 bits per heavy atom. The minimum absolute atomic E-state index is 0.135. The van der Waals surface area contributed by atoms with Gasteiger partial charge in [-0.25, -0.2) is 4.98 Å². The quantitative estimate of drug-likeness (QED) is 0.918. The van der Waals surface area contributed by atoms with E-state index in [-0.39, 0.29) is 5.41 Å². The molecule has 5 heteroatoms. The lowest BCUT2D eigenvalue weighted by Crippen LogP contribution is -2.32. The molecule has 1 aromatic rings. The summed E-state index contributed by atoms with van der Waals surface area (Å²) < 4.78 is 0. The zero-order valence-corrected chi connectivity index (χ0v) is 15.2. The minimum atomic E-state index is 0.135. The van der Waals surface area contributed by atoms with Gasteiger partial charge in [-0.2, -0.15) is 11.8 Å². The van der Waals surface area contributed by atoms with Crippen molar-refractivity contribution in [3.05, 3.63) is 15.6 Å². The average Bonchev–Trinajstić information content (AvgIpc) is 3.14. The van der Waals surface area contributed by atoms with Crippen molar-refractivity contribution in [2.75, 3.05) is 25.1 Å². The van der Waals surface area contributed by atoms with Gasteiger partial charge in [0.25, 0.3) is 0 Å². The second-order valence-electron chi connectivity index (χ2n) is 7.30. The lowest BCUT2D eigenvalue weighted by molar-refractivity contribution is 0.273. The topological polar surface area (TPSA) is 28.2 Å². The van der Waals surface area contributed by atoms with Gasteiger partial charge < -0.3 is 5.32 Å². The van der Waals surface area contributed by atoms with Gasteiger partial charge in [0.15, 0.2) is 0 Å². The molecule has 2 heterocycles. The Kier molecular flexibility index (Phi) is 4.65. The maximum atomic E-state index is 5.08. The highest BCUT2D eigenvalue weighted by Gasteiger charge is 2.30. The Morgan fingerprint density at radius 3 is 2.71 bits per heavy atom. The molecule has 1 saturated carbocycles. The van der Waals surface area contributed by atoms with Crippen LogP contribution >= 0.6 is 23.1 Å².